The molecule has 2 N–H and O–H groups in total. The third-order valence-electron chi connectivity index (χ3n) is 1.54. The molecule has 0 spiro atoms. The monoisotopic (exact) mass is 262 g/mol. The first kappa shape index (κ1) is 15.1. The van der Waals surface area contributed by atoms with Crippen LogP contribution in [0.15, 0.2) is 27.9 Å². The number of thioether (sulfide) groups is 1. The van der Waals surface area contributed by atoms with E-state index in [-0.39, 0.29) is 23.0 Å². The number of hydrogen-bond acceptors (Lipinski definition) is 5. The Morgan fingerprint density at radius 2 is 2.19 bits per heavy atom. The van der Waals surface area contributed by atoms with Crippen molar-refractivity contribution >= 4 is 34.5 Å². The average molecular weight is 263 g/mol. The summed E-state index contributed by atoms with van der Waals surface area (Å²) < 4.78 is 4.82. The van der Waals surface area contributed by atoms with Gasteiger partial charge in [-0.2, -0.15) is 0 Å². The molecule has 0 unspecified atom stereocenters. The lowest BCUT2D eigenvalue weighted by Crippen LogP contribution is -2.17. The van der Waals surface area contributed by atoms with Crippen molar-refractivity contribution in [2.45, 2.75) is 13.8 Å². The molecule has 4 nitrogen and oxygen atoms in total. The third-order valence-corrected chi connectivity index (χ3v) is 2.37. The second-order valence-corrected chi connectivity index (χ2v) is 4.02. The molecule has 0 aliphatic heterocycles. The summed E-state index contributed by atoms with van der Waals surface area (Å²) in [6.07, 6.45) is 1.80. The quantitative estimate of drug-likeness (QED) is 0.469. The van der Waals surface area contributed by atoms with E-state index in [9.17, 15) is 4.79 Å². The van der Waals surface area contributed by atoms with E-state index in [0.717, 1.165) is 0 Å². The summed E-state index contributed by atoms with van der Waals surface area (Å²) in [7, 11) is 0. The maximum Gasteiger partial charge on any atom is 0.343 e. The Morgan fingerprint density at radius 3 is 2.56 bits per heavy atom. The summed E-state index contributed by atoms with van der Waals surface area (Å²) >= 11 is 7.21. The molecule has 0 atom stereocenters. The Hall–Kier alpha value is -0.940. The van der Waals surface area contributed by atoms with Gasteiger partial charge in [-0.05, 0) is 20.1 Å². The van der Waals surface area contributed by atoms with E-state index >= 15 is 0 Å². The highest BCUT2D eigenvalue weighted by Crippen LogP contribution is 2.16. The smallest absolute Gasteiger partial charge is 0.343 e. The molecular weight excluding hydrogens is 248 g/mol. The summed E-state index contributed by atoms with van der Waals surface area (Å²) in [6.45, 7) is 7.15. The van der Waals surface area contributed by atoms with Gasteiger partial charge in [0, 0.05) is 5.70 Å². The summed E-state index contributed by atoms with van der Waals surface area (Å²) in [5.74, 6) is -0.579. The Bertz CT molecular complexity index is 347. The van der Waals surface area contributed by atoms with E-state index in [0.29, 0.717) is 5.03 Å². The number of esters is 1. The van der Waals surface area contributed by atoms with Crippen LogP contribution in [0.4, 0.5) is 0 Å². The van der Waals surface area contributed by atoms with Crippen molar-refractivity contribution in [3.05, 3.63) is 22.9 Å². The first-order valence-electron chi connectivity index (χ1n) is 4.54. The number of halogens is 1. The number of carbonyl (C=O) groups excluding carboxylic acids is 1. The molecule has 0 bridgehead atoms. The van der Waals surface area contributed by atoms with Crippen LogP contribution in [0.3, 0.4) is 0 Å². The molecule has 0 aliphatic rings. The molecule has 6 heteroatoms. The normalized spacial score (nSPS) is 13.1. The van der Waals surface area contributed by atoms with Crippen molar-refractivity contribution in [1.29, 1.82) is 0 Å². The Kier molecular flexibility index (Phi) is 6.92. The largest absolute Gasteiger partial charge is 0.462 e. The minimum atomic E-state index is -0.579. The van der Waals surface area contributed by atoms with Crippen LogP contribution in [0.25, 0.3) is 0 Å². The minimum Gasteiger partial charge on any atom is -0.462 e. The molecule has 0 radical (unpaired) electrons. The number of carbonyl (C=O) groups is 1. The van der Waals surface area contributed by atoms with E-state index < -0.39 is 5.97 Å². The molecule has 0 heterocycles. The van der Waals surface area contributed by atoms with Crippen LogP contribution in [0, 0.1) is 0 Å². The van der Waals surface area contributed by atoms with E-state index in [1.54, 1.807) is 20.1 Å². The molecule has 16 heavy (non-hydrogen) atoms. The SMILES string of the molecule is C=C(/N=C(Cl)\C(C(=O)OCC)=C(\C)N)SC. The lowest BCUT2D eigenvalue weighted by molar-refractivity contribution is -0.137. The molecule has 0 saturated heterocycles. The van der Waals surface area contributed by atoms with Gasteiger partial charge in [0.1, 0.15) is 10.7 Å². The highest BCUT2D eigenvalue weighted by Gasteiger charge is 2.18. The van der Waals surface area contributed by atoms with E-state index in [2.05, 4.69) is 11.6 Å². The number of nitrogens with two attached hydrogens (primary N) is 1. The van der Waals surface area contributed by atoms with Crippen LogP contribution in [-0.4, -0.2) is 24.0 Å². The van der Waals surface area contributed by atoms with Crippen molar-refractivity contribution in [2.75, 3.05) is 12.9 Å². The number of hydrogen-bond donors (Lipinski definition) is 1. The maximum absolute atomic E-state index is 11.5. The van der Waals surface area contributed by atoms with E-state index in [1.807, 2.05) is 0 Å². The number of ether oxygens (including phenoxy) is 1. The van der Waals surface area contributed by atoms with E-state index in [4.69, 9.17) is 22.1 Å². The van der Waals surface area contributed by atoms with Gasteiger partial charge in [0.2, 0.25) is 0 Å². The lowest BCUT2D eigenvalue weighted by atomic mass is 10.2. The van der Waals surface area contributed by atoms with Crippen molar-refractivity contribution < 1.29 is 9.53 Å². The van der Waals surface area contributed by atoms with Gasteiger partial charge < -0.3 is 10.5 Å². The topological polar surface area (TPSA) is 64.7 Å². The molecule has 0 amide bonds. The Balaban J connectivity index is 5.11. The molecule has 0 saturated carbocycles. The van der Waals surface area contributed by atoms with Crippen molar-refractivity contribution in [3.8, 4) is 0 Å². The zero-order valence-electron chi connectivity index (χ0n) is 9.54. The van der Waals surface area contributed by atoms with Crippen LogP contribution < -0.4 is 5.73 Å². The average Bonchev–Trinajstić information content (AvgIpc) is 2.17. The predicted octanol–water partition coefficient (Wildman–Crippen LogP) is 2.25. The molecule has 0 aliphatic carbocycles. The van der Waals surface area contributed by atoms with Crippen molar-refractivity contribution in [1.82, 2.24) is 0 Å². The third kappa shape index (κ3) is 4.72. The first-order chi connectivity index (χ1) is 7.43. The Morgan fingerprint density at radius 1 is 1.62 bits per heavy atom. The summed E-state index contributed by atoms with van der Waals surface area (Å²) in [6, 6.07) is 0. The van der Waals surface area contributed by atoms with Gasteiger partial charge in [-0.25, -0.2) is 9.79 Å². The standard InChI is InChI=1S/C10H15ClN2O2S/c1-5-15-10(14)8(6(2)12)9(11)13-7(3)16-4/h3,5,12H2,1-2,4H3/b8-6+,13-9+. The van der Waals surface area contributed by atoms with Gasteiger partial charge in [-0.3, -0.25) is 0 Å². The number of aliphatic imine (C=N–C) groups is 1. The second-order valence-electron chi connectivity index (χ2n) is 2.78. The number of nitrogens with zero attached hydrogens (tertiary/aromatic N) is 1. The maximum atomic E-state index is 11.5. The zero-order chi connectivity index (χ0) is 12.7. The fourth-order valence-corrected chi connectivity index (χ4v) is 1.38. The summed E-state index contributed by atoms with van der Waals surface area (Å²) in [5.41, 5.74) is 5.91. The molecular formula is C10H15ClN2O2S. The molecule has 90 valence electrons. The summed E-state index contributed by atoms with van der Waals surface area (Å²) in [5, 5.41) is 0.492. The fraction of sp³-hybridized carbons (Fsp3) is 0.400. The van der Waals surface area contributed by atoms with E-state index in [1.165, 1.54) is 11.8 Å². The summed E-state index contributed by atoms with van der Waals surface area (Å²) in [4.78, 5) is 15.5. The minimum absolute atomic E-state index is 0.00204. The van der Waals surface area contributed by atoms with Gasteiger partial charge in [0.25, 0.3) is 0 Å². The second kappa shape index (κ2) is 7.35. The van der Waals surface area contributed by atoms with Gasteiger partial charge in [-0.1, -0.05) is 18.2 Å². The van der Waals surface area contributed by atoms with Gasteiger partial charge in [-0.15, -0.1) is 11.8 Å². The highest BCUT2D eigenvalue weighted by molar-refractivity contribution is 8.02. The first-order valence-corrected chi connectivity index (χ1v) is 6.15. The van der Waals surface area contributed by atoms with Crippen molar-refractivity contribution in [3.63, 3.8) is 0 Å². The number of rotatable bonds is 5. The fourth-order valence-electron chi connectivity index (χ4n) is 0.822. The van der Waals surface area contributed by atoms with Crippen LogP contribution in [0.2, 0.25) is 0 Å². The van der Waals surface area contributed by atoms with Gasteiger partial charge in [0.15, 0.2) is 0 Å². The lowest BCUT2D eigenvalue weighted by Gasteiger charge is -2.07. The Labute approximate surface area is 105 Å². The van der Waals surface area contributed by atoms with Crippen LogP contribution in [-0.2, 0) is 9.53 Å². The van der Waals surface area contributed by atoms with Crippen LogP contribution in [0.5, 0.6) is 0 Å². The van der Waals surface area contributed by atoms with Crippen LogP contribution in [0.1, 0.15) is 13.8 Å². The van der Waals surface area contributed by atoms with Gasteiger partial charge >= 0.3 is 5.97 Å². The highest BCUT2D eigenvalue weighted by atomic mass is 35.5. The van der Waals surface area contributed by atoms with Crippen LogP contribution >= 0.6 is 23.4 Å². The predicted molar refractivity (Wildman–Crippen MR) is 69.5 cm³/mol. The zero-order valence-corrected chi connectivity index (χ0v) is 11.1. The molecule has 0 aromatic rings. The van der Waals surface area contributed by atoms with Gasteiger partial charge in [0.05, 0.1) is 11.6 Å². The molecule has 0 aromatic heterocycles. The molecule has 0 rings (SSSR count). The van der Waals surface area contributed by atoms with Crippen molar-refractivity contribution in [2.24, 2.45) is 10.7 Å². The number of allylic oxidation sites excluding steroid dienone is 1. The molecule has 0 fully saturated rings. The molecule has 0 aromatic carbocycles.